The first kappa shape index (κ1) is 27.6. The van der Waals surface area contributed by atoms with Crippen LogP contribution in [0.25, 0.3) is 10.8 Å². The third kappa shape index (κ3) is 6.54. The smallest absolute Gasteiger partial charge is 0.343 e. The SMILES string of the molecule is COc1ccc(C(=O)NCC(=O)NN=Cc2c(OC(=O)c3ccc(OC)c(OC)c3)ccc3ccccc23)cc1. The molecule has 4 aromatic carbocycles. The minimum absolute atomic E-state index is 0.240. The summed E-state index contributed by atoms with van der Waals surface area (Å²) in [5.74, 6) is 0.154. The zero-order chi connectivity index (χ0) is 28.5. The molecule has 0 aliphatic heterocycles. The van der Waals surface area contributed by atoms with Crippen LogP contribution in [0.3, 0.4) is 0 Å². The van der Waals surface area contributed by atoms with Gasteiger partial charge in [-0.25, -0.2) is 10.2 Å². The van der Waals surface area contributed by atoms with E-state index >= 15 is 0 Å². The average Bonchev–Trinajstić information content (AvgIpc) is 3.00. The molecule has 0 fully saturated rings. The van der Waals surface area contributed by atoms with Gasteiger partial charge in [0.15, 0.2) is 11.5 Å². The second kappa shape index (κ2) is 12.9. The lowest BCUT2D eigenvalue weighted by atomic mass is 10.0. The first-order valence-corrected chi connectivity index (χ1v) is 12.1. The fourth-order valence-corrected chi connectivity index (χ4v) is 3.83. The molecule has 0 bridgehead atoms. The zero-order valence-corrected chi connectivity index (χ0v) is 22.1. The first-order chi connectivity index (χ1) is 19.4. The van der Waals surface area contributed by atoms with E-state index in [4.69, 9.17) is 18.9 Å². The van der Waals surface area contributed by atoms with Gasteiger partial charge in [0, 0.05) is 11.1 Å². The van der Waals surface area contributed by atoms with E-state index in [0.717, 1.165) is 10.8 Å². The van der Waals surface area contributed by atoms with E-state index in [2.05, 4.69) is 15.8 Å². The molecule has 0 atom stereocenters. The number of esters is 1. The molecule has 0 heterocycles. The molecule has 0 aliphatic rings. The molecule has 2 N–H and O–H groups in total. The first-order valence-electron chi connectivity index (χ1n) is 12.1. The highest BCUT2D eigenvalue weighted by Crippen LogP contribution is 2.30. The highest BCUT2D eigenvalue weighted by molar-refractivity contribution is 6.04. The van der Waals surface area contributed by atoms with Gasteiger partial charge in [-0.3, -0.25) is 9.59 Å². The molecule has 4 rings (SSSR count). The van der Waals surface area contributed by atoms with Crippen LogP contribution in [0.15, 0.2) is 84.0 Å². The number of ether oxygens (including phenoxy) is 4. The number of rotatable bonds is 10. The molecule has 204 valence electrons. The summed E-state index contributed by atoms with van der Waals surface area (Å²) in [4.78, 5) is 37.6. The summed E-state index contributed by atoms with van der Waals surface area (Å²) >= 11 is 0. The van der Waals surface area contributed by atoms with Crippen molar-refractivity contribution in [2.24, 2.45) is 5.10 Å². The molecule has 4 aromatic rings. The van der Waals surface area contributed by atoms with Gasteiger partial charge in [-0.1, -0.05) is 30.3 Å². The summed E-state index contributed by atoms with van der Waals surface area (Å²) in [5.41, 5.74) is 3.51. The Bertz CT molecular complexity index is 1570. The number of benzene rings is 4. The van der Waals surface area contributed by atoms with E-state index in [1.54, 1.807) is 42.5 Å². The molecule has 0 saturated heterocycles. The Morgan fingerprint density at radius 1 is 0.775 bits per heavy atom. The van der Waals surface area contributed by atoms with Crippen molar-refractivity contribution in [3.63, 3.8) is 0 Å². The van der Waals surface area contributed by atoms with E-state index in [9.17, 15) is 14.4 Å². The summed E-state index contributed by atoms with van der Waals surface area (Å²) in [5, 5.41) is 8.21. The van der Waals surface area contributed by atoms with Crippen molar-refractivity contribution in [3.8, 4) is 23.0 Å². The van der Waals surface area contributed by atoms with E-state index < -0.39 is 17.8 Å². The molecule has 10 heteroatoms. The van der Waals surface area contributed by atoms with Gasteiger partial charge >= 0.3 is 5.97 Å². The Kier molecular flexibility index (Phi) is 8.93. The quantitative estimate of drug-likeness (QED) is 0.135. The summed E-state index contributed by atoms with van der Waals surface area (Å²) in [6, 6.07) is 22.1. The van der Waals surface area contributed by atoms with Crippen molar-refractivity contribution in [2.45, 2.75) is 0 Å². The number of hydrogen-bond donors (Lipinski definition) is 2. The highest BCUT2D eigenvalue weighted by Gasteiger charge is 2.16. The number of nitrogens with one attached hydrogen (secondary N) is 2. The molecular formula is C30H27N3O7. The number of fused-ring (bicyclic) bond motifs is 1. The van der Waals surface area contributed by atoms with Crippen molar-refractivity contribution in [1.82, 2.24) is 10.7 Å². The van der Waals surface area contributed by atoms with Crippen molar-refractivity contribution >= 4 is 34.8 Å². The fraction of sp³-hybridized carbons (Fsp3) is 0.133. The molecule has 0 spiro atoms. The summed E-state index contributed by atoms with van der Waals surface area (Å²) in [6.07, 6.45) is 1.39. The number of carbonyl (C=O) groups excluding carboxylic acids is 3. The standard InChI is InChI=1S/C30H27N3O7/c1-37-22-12-8-20(9-13-22)29(35)31-18-28(34)33-32-17-24-23-7-5-4-6-19(23)10-14-25(24)40-30(36)21-11-15-26(38-2)27(16-21)39-3/h4-17H,18H2,1-3H3,(H,31,35)(H,33,34). The highest BCUT2D eigenvalue weighted by atomic mass is 16.5. The maximum atomic E-state index is 13.0. The Morgan fingerprint density at radius 2 is 1.48 bits per heavy atom. The Morgan fingerprint density at radius 3 is 2.20 bits per heavy atom. The zero-order valence-electron chi connectivity index (χ0n) is 22.1. The fourth-order valence-electron chi connectivity index (χ4n) is 3.83. The lowest BCUT2D eigenvalue weighted by molar-refractivity contribution is -0.120. The van der Waals surface area contributed by atoms with E-state index in [1.165, 1.54) is 33.6 Å². The number of nitrogens with zero attached hydrogens (tertiary/aromatic N) is 1. The van der Waals surface area contributed by atoms with Gasteiger partial charge in [0.1, 0.15) is 11.5 Å². The molecule has 0 aliphatic carbocycles. The molecular weight excluding hydrogens is 514 g/mol. The summed E-state index contributed by atoms with van der Waals surface area (Å²) in [6.45, 7) is -0.293. The molecule has 0 unspecified atom stereocenters. The second-order valence-corrected chi connectivity index (χ2v) is 8.36. The third-order valence-electron chi connectivity index (χ3n) is 5.90. The molecule has 0 radical (unpaired) electrons. The topological polar surface area (TPSA) is 125 Å². The van der Waals surface area contributed by atoms with Gasteiger partial charge < -0.3 is 24.3 Å². The van der Waals surface area contributed by atoms with Crippen molar-refractivity contribution < 1.29 is 33.3 Å². The Balaban J connectivity index is 1.47. The molecule has 2 amide bonds. The third-order valence-corrected chi connectivity index (χ3v) is 5.90. The predicted octanol–water partition coefficient (Wildman–Crippen LogP) is 3.96. The van der Waals surface area contributed by atoms with Crippen LogP contribution in [-0.4, -0.2) is 51.9 Å². The van der Waals surface area contributed by atoms with Crippen molar-refractivity contribution in [1.29, 1.82) is 0 Å². The Labute approximate surface area is 230 Å². The minimum atomic E-state index is -0.615. The van der Waals surface area contributed by atoms with Crippen LogP contribution in [0.4, 0.5) is 0 Å². The van der Waals surface area contributed by atoms with Gasteiger partial charge in [-0.05, 0) is 59.3 Å². The molecule has 0 saturated carbocycles. The van der Waals surface area contributed by atoms with Gasteiger partial charge in [-0.2, -0.15) is 5.10 Å². The van der Waals surface area contributed by atoms with Gasteiger partial charge in [0.25, 0.3) is 11.8 Å². The van der Waals surface area contributed by atoms with Crippen LogP contribution in [0, 0.1) is 0 Å². The lowest BCUT2D eigenvalue weighted by Crippen LogP contribution is -2.34. The van der Waals surface area contributed by atoms with Crippen LogP contribution >= 0.6 is 0 Å². The van der Waals surface area contributed by atoms with Crippen molar-refractivity contribution in [3.05, 3.63) is 95.6 Å². The van der Waals surface area contributed by atoms with E-state index in [0.29, 0.717) is 28.4 Å². The van der Waals surface area contributed by atoms with Gasteiger partial charge in [0.2, 0.25) is 0 Å². The monoisotopic (exact) mass is 541 g/mol. The van der Waals surface area contributed by atoms with Gasteiger partial charge in [0.05, 0.1) is 39.7 Å². The number of carbonyl (C=O) groups is 3. The minimum Gasteiger partial charge on any atom is -0.497 e. The number of amides is 2. The Hall–Kier alpha value is -5.38. The van der Waals surface area contributed by atoms with E-state index in [-0.39, 0.29) is 17.9 Å². The van der Waals surface area contributed by atoms with Crippen molar-refractivity contribution in [2.75, 3.05) is 27.9 Å². The van der Waals surface area contributed by atoms with Gasteiger partial charge in [-0.15, -0.1) is 0 Å². The lowest BCUT2D eigenvalue weighted by Gasteiger charge is -2.12. The normalized spacial score (nSPS) is 10.7. The summed E-state index contributed by atoms with van der Waals surface area (Å²) < 4.78 is 21.3. The number of hydrazone groups is 1. The van der Waals surface area contributed by atoms with Crippen LogP contribution in [0.1, 0.15) is 26.3 Å². The largest absolute Gasteiger partial charge is 0.497 e. The molecule has 10 nitrogen and oxygen atoms in total. The maximum absolute atomic E-state index is 13.0. The van der Waals surface area contributed by atoms with Crippen LogP contribution < -0.4 is 29.7 Å². The summed E-state index contributed by atoms with van der Waals surface area (Å²) in [7, 11) is 4.51. The molecule has 0 aromatic heterocycles. The van der Waals surface area contributed by atoms with Crippen LogP contribution in [0.2, 0.25) is 0 Å². The average molecular weight is 542 g/mol. The molecule has 40 heavy (non-hydrogen) atoms. The number of hydrogen-bond acceptors (Lipinski definition) is 8. The predicted molar refractivity (Wildman–Crippen MR) is 150 cm³/mol. The van der Waals surface area contributed by atoms with Crippen LogP contribution in [0.5, 0.6) is 23.0 Å². The second-order valence-electron chi connectivity index (χ2n) is 8.36. The maximum Gasteiger partial charge on any atom is 0.343 e. The van der Waals surface area contributed by atoms with Crippen LogP contribution in [-0.2, 0) is 4.79 Å². The van der Waals surface area contributed by atoms with E-state index in [1.807, 2.05) is 30.3 Å². The number of methoxy groups -OCH3 is 3.